The Morgan fingerprint density at radius 1 is 1.18 bits per heavy atom. The highest BCUT2D eigenvalue weighted by molar-refractivity contribution is 5.82. The molecule has 0 aliphatic carbocycles. The van der Waals surface area contributed by atoms with Gasteiger partial charge in [0.15, 0.2) is 0 Å². The van der Waals surface area contributed by atoms with E-state index in [4.69, 9.17) is 5.26 Å². The minimum Gasteiger partial charge on any atom is -0.351 e. The zero-order valence-corrected chi connectivity index (χ0v) is 9.39. The second-order valence-corrected chi connectivity index (χ2v) is 3.09. The molecule has 2 aromatic rings. The van der Waals surface area contributed by atoms with Crippen LogP contribution >= 0.6 is 0 Å². The molecule has 0 saturated heterocycles. The molecule has 0 radical (unpaired) electrons. The molecule has 0 aliphatic rings. The van der Waals surface area contributed by atoms with E-state index < -0.39 is 11.9 Å². The smallest absolute Gasteiger partial charge is 0.351 e. The lowest BCUT2D eigenvalue weighted by Gasteiger charge is -2.00. The molecule has 17 heavy (non-hydrogen) atoms. The number of aromatic amines is 1. The Hall–Kier alpha value is -1.96. The number of nitrogens with one attached hydrogen (secondary N) is 1. The first-order valence-electron chi connectivity index (χ1n) is 5.11. The van der Waals surface area contributed by atoms with Gasteiger partial charge in [0, 0.05) is 10.9 Å². The molecule has 0 spiro atoms. The molecule has 0 unspecified atom stereocenters. The maximum Gasteiger partial charge on any atom is 0.431 e. The van der Waals surface area contributed by atoms with Gasteiger partial charge in [-0.3, -0.25) is 0 Å². The fourth-order valence-corrected chi connectivity index (χ4v) is 1.35. The van der Waals surface area contributed by atoms with Crippen LogP contribution in [0.15, 0.2) is 24.3 Å². The number of H-pyrrole nitrogens is 1. The Morgan fingerprint density at radius 3 is 2.35 bits per heavy atom. The molecule has 0 bridgehead atoms. The molecule has 1 aromatic carbocycles. The highest BCUT2D eigenvalue weighted by atomic mass is 19.4. The number of halogens is 3. The van der Waals surface area contributed by atoms with Crippen LogP contribution in [0.2, 0.25) is 0 Å². The van der Waals surface area contributed by atoms with Crippen LogP contribution in [0.25, 0.3) is 10.9 Å². The summed E-state index contributed by atoms with van der Waals surface area (Å²) in [4.78, 5) is 2.25. The van der Waals surface area contributed by atoms with E-state index in [1.807, 2.05) is 19.9 Å². The normalized spacial score (nSPS) is 10.6. The van der Waals surface area contributed by atoms with Crippen molar-refractivity contribution in [1.82, 2.24) is 4.98 Å². The first-order chi connectivity index (χ1) is 8.00. The summed E-state index contributed by atoms with van der Waals surface area (Å²) in [5, 5.41) is 8.97. The third kappa shape index (κ3) is 2.78. The number of rotatable bonds is 0. The highest BCUT2D eigenvalue weighted by Crippen LogP contribution is 2.31. The number of hydrogen-bond acceptors (Lipinski definition) is 1. The van der Waals surface area contributed by atoms with Crippen molar-refractivity contribution in [2.75, 3.05) is 0 Å². The first-order valence-corrected chi connectivity index (χ1v) is 5.11. The maximum absolute atomic E-state index is 12.3. The Morgan fingerprint density at radius 2 is 1.82 bits per heavy atom. The summed E-state index contributed by atoms with van der Waals surface area (Å²) in [5.41, 5.74) is -0.0795. The molecule has 1 N–H and O–H groups in total. The average molecular weight is 240 g/mol. The monoisotopic (exact) mass is 240 g/mol. The van der Waals surface area contributed by atoms with Crippen molar-refractivity contribution in [3.8, 4) is 6.07 Å². The molecule has 90 valence electrons. The predicted octanol–water partition coefficient (Wildman–Crippen LogP) is 4.08. The molecular weight excluding hydrogens is 229 g/mol. The van der Waals surface area contributed by atoms with Gasteiger partial charge < -0.3 is 4.98 Å². The third-order valence-corrected chi connectivity index (χ3v) is 2.06. The fraction of sp³-hybridized carbons (Fsp3) is 0.250. The van der Waals surface area contributed by atoms with Crippen LogP contribution in [0.5, 0.6) is 0 Å². The zero-order valence-electron chi connectivity index (χ0n) is 9.39. The van der Waals surface area contributed by atoms with Crippen molar-refractivity contribution in [2.24, 2.45) is 0 Å². The Bertz CT molecular complexity index is 547. The molecule has 0 fully saturated rings. The summed E-state index contributed by atoms with van der Waals surface area (Å²) in [6.07, 6.45) is -4.38. The van der Waals surface area contributed by atoms with E-state index in [9.17, 15) is 13.2 Å². The Kier molecular flexibility index (Phi) is 3.79. The van der Waals surface area contributed by atoms with Crippen molar-refractivity contribution >= 4 is 10.9 Å². The molecule has 2 rings (SSSR count). The van der Waals surface area contributed by atoms with E-state index in [0.717, 1.165) is 6.07 Å². The van der Waals surface area contributed by atoms with Crippen LogP contribution in [-0.4, -0.2) is 4.98 Å². The van der Waals surface area contributed by atoms with E-state index in [-0.39, 0.29) is 0 Å². The summed E-state index contributed by atoms with van der Waals surface area (Å²) >= 11 is 0. The second-order valence-electron chi connectivity index (χ2n) is 3.09. The van der Waals surface area contributed by atoms with Crippen LogP contribution in [-0.2, 0) is 6.18 Å². The number of fused-ring (bicyclic) bond motifs is 1. The third-order valence-electron chi connectivity index (χ3n) is 2.06. The van der Waals surface area contributed by atoms with Gasteiger partial charge in [0.25, 0.3) is 0 Å². The van der Waals surface area contributed by atoms with Crippen molar-refractivity contribution in [3.63, 3.8) is 0 Å². The molecule has 5 heteroatoms. The van der Waals surface area contributed by atoms with Crippen LogP contribution in [0.1, 0.15) is 25.1 Å². The molecule has 0 amide bonds. The summed E-state index contributed by atoms with van der Waals surface area (Å²) in [6, 6.07) is 7.22. The van der Waals surface area contributed by atoms with Crippen LogP contribution in [0.3, 0.4) is 0 Å². The number of hydrogen-bond donors (Lipinski definition) is 1. The van der Waals surface area contributed by atoms with E-state index >= 15 is 0 Å². The van der Waals surface area contributed by atoms with Crippen molar-refractivity contribution < 1.29 is 13.2 Å². The van der Waals surface area contributed by atoms with Gasteiger partial charge in [0.2, 0.25) is 0 Å². The Labute approximate surface area is 96.7 Å². The first kappa shape index (κ1) is 13.1. The van der Waals surface area contributed by atoms with Gasteiger partial charge in [-0.05, 0) is 24.3 Å². The van der Waals surface area contributed by atoms with Crippen LogP contribution in [0.4, 0.5) is 13.2 Å². The number of nitrogens with zero attached hydrogens (tertiary/aromatic N) is 1. The van der Waals surface area contributed by atoms with E-state index in [1.54, 1.807) is 0 Å². The number of benzene rings is 1. The molecular formula is C12H11F3N2. The number of nitriles is 1. The number of aromatic nitrogens is 1. The molecule has 1 aromatic heterocycles. The van der Waals surface area contributed by atoms with E-state index in [0.29, 0.717) is 16.5 Å². The average Bonchev–Trinajstić information content (AvgIpc) is 2.74. The Balaban J connectivity index is 0.000000686. The minimum atomic E-state index is -4.38. The lowest BCUT2D eigenvalue weighted by Crippen LogP contribution is -2.04. The van der Waals surface area contributed by atoms with Gasteiger partial charge in [-0.25, -0.2) is 0 Å². The standard InChI is InChI=1S/C10H5F3N2.C2H6/c11-10(12,13)9-4-7-3-6(5-14)1-2-8(7)15-9;1-2/h1-4,15H;1-2H3. The molecule has 0 saturated carbocycles. The van der Waals surface area contributed by atoms with E-state index in [1.165, 1.54) is 18.2 Å². The number of alkyl halides is 3. The minimum absolute atomic E-state index is 0.343. The highest BCUT2D eigenvalue weighted by Gasteiger charge is 2.32. The van der Waals surface area contributed by atoms with Crippen LogP contribution in [0, 0.1) is 11.3 Å². The quantitative estimate of drug-likeness (QED) is 0.740. The van der Waals surface area contributed by atoms with E-state index in [2.05, 4.69) is 4.98 Å². The predicted molar refractivity (Wildman–Crippen MR) is 59.4 cm³/mol. The molecule has 1 heterocycles. The maximum atomic E-state index is 12.3. The van der Waals surface area contributed by atoms with Gasteiger partial charge in [-0.2, -0.15) is 18.4 Å². The lowest BCUT2D eigenvalue weighted by molar-refractivity contribution is -0.140. The lowest BCUT2D eigenvalue weighted by atomic mass is 10.2. The van der Waals surface area contributed by atoms with Gasteiger partial charge in [0.05, 0.1) is 11.6 Å². The molecule has 0 aliphatic heterocycles. The second kappa shape index (κ2) is 4.91. The van der Waals surface area contributed by atoms with Gasteiger partial charge in [0.1, 0.15) is 5.69 Å². The van der Waals surface area contributed by atoms with Crippen LogP contribution < -0.4 is 0 Å². The largest absolute Gasteiger partial charge is 0.431 e. The SMILES string of the molecule is CC.N#Cc1ccc2[nH]c(C(F)(F)F)cc2c1. The summed E-state index contributed by atoms with van der Waals surface area (Å²) in [6.45, 7) is 4.00. The van der Waals surface area contributed by atoms with Crippen molar-refractivity contribution in [3.05, 3.63) is 35.5 Å². The molecule has 0 atom stereocenters. The topological polar surface area (TPSA) is 39.6 Å². The van der Waals surface area contributed by atoms with Crippen molar-refractivity contribution in [1.29, 1.82) is 5.26 Å². The summed E-state index contributed by atoms with van der Waals surface area (Å²) in [7, 11) is 0. The summed E-state index contributed by atoms with van der Waals surface area (Å²) in [5.74, 6) is 0. The van der Waals surface area contributed by atoms with Gasteiger partial charge in [-0.1, -0.05) is 13.8 Å². The zero-order chi connectivity index (χ0) is 13.1. The van der Waals surface area contributed by atoms with Gasteiger partial charge >= 0.3 is 6.18 Å². The van der Waals surface area contributed by atoms with Gasteiger partial charge in [-0.15, -0.1) is 0 Å². The summed E-state index contributed by atoms with van der Waals surface area (Å²) < 4.78 is 36.9. The fourth-order valence-electron chi connectivity index (χ4n) is 1.35. The van der Waals surface area contributed by atoms with Crippen molar-refractivity contribution in [2.45, 2.75) is 20.0 Å². The molecule has 2 nitrogen and oxygen atoms in total.